The summed E-state index contributed by atoms with van der Waals surface area (Å²) < 4.78 is 18.7. The number of hydrogen-bond acceptors (Lipinski definition) is 7. The Balaban J connectivity index is 3.12. The summed E-state index contributed by atoms with van der Waals surface area (Å²) >= 11 is 0. The van der Waals surface area contributed by atoms with Crippen LogP contribution in [0.3, 0.4) is 0 Å². The molecule has 0 aromatic rings. The van der Waals surface area contributed by atoms with Gasteiger partial charge in [0.25, 0.3) is 0 Å². The molecule has 1 aliphatic rings. The van der Waals surface area contributed by atoms with E-state index in [1.807, 2.05) is 48.8 Å². The van der Waals surface area contributed by atoms with Crippen molar-refractivity contribution in [2.75, 3.05) is 40.9 Å². The van der Waals surface area contributed by atoms with E-state index in [2.05, 4.69) is 0 Å². The van der Waals surface area contributed by atoms with Gasteiger partial charge < -0.3 is 39.1 Å². The highest BCUT2D eigenvalue weighted by Crippen LogP contribution is 2.39. The van der Waals surface area contributed by atoms with Crippen LogP contribution in [0, 0.1) is 5.92 Å². The fourth-order valence-electron chi connectivity index (χ4n) is 4.33. The van der Waals surface area contributed by atoms with E-state index >= 15 is 0 Å². The fourth-order valence-corrected chi connectivity index (χ4v) is 4.33. The summed E-state index contributed by atoms with van der Waals surface area (Å²) in [6.07, 6.45) is -2.14. The van der Waals surface area contributed by atoms with Gasteiger partial charge in [0, 0.05) is 5.92 Å². The van der Waals surface area contributed by atoms with Crippen LogP contribution in [0.1, 0.15) is 53.4 Å². The van der Waals surface area contributed by atoms with E-state index in [0.717, 1.165) is 12.8 Å². The number of quaternary nitrogens is 1. The van der Waals surface area contributed by atoms with Gasteiger partial charge in [-0.2, -0.15) is 0 Å². The molecule has 1 aliphatic heterocycles. The van der Waals surface area contributed by atoms with Crippen molar-refractivity contribution in [1.82, 2.24) is 0 Å². The molecule has 6 atom stereocenters. The topological polar surface area (TPSA) is 109 Å². The van der Waals surface area contributed by atoms with Gasteiger partial charge >= 0.3 is 0 Å². The molecule has 0 bridgehead atoms. The zero-order valence-electron chi connectivity index (χ0n) is 20.0. The van der Waals surface area contributed by atoms with Crippen molar-refractivity contribution in [3.05, 3.63) is 0 Å². The van der Waals surface area contributed by atoms with Crippen molar-refractivity contribution in [2.45, 2.75) is 95.8 Å². The standard InChI is InChI=1S/C22H46NO7/c1-8-16(9-2)29-21-20(28-14-15(25)12-23(5,6)7)19(26)18(17(13-24)30-21)22(27,10-3)11-4/h15-21,24-27H,8-14H2,1-7H3/q+1. The Morgan fingerprint density at radius 1 is 1.07 bits per heavy atom. The summed E-state index contributed by atoms with van der Waals surface area (Å²) in [4.78, 5) is 0. The van der Waals surface area contributed by atoms with Crippen LogP contribution in [0.25, 0.3) is 0 Å². The second-order valence-corrected chi connectivity index (χ2v) is 9.55. The number of hydrogen-bond donors (Lipinski definition) is 4. The van der Waals surface area contributed by atoms with Crippen LogP contribution in [0.5, 0.6) is 0 Å². The molecular weight excluding hydrogens is 390 g/mol. The first-order valence-electron chi connectivity index (χ1n) is 11.4. The van der Waals surface area contributed by atoms with Crippen molar-refractivity contribution in [2.24, 2.45) is 5.92 Å². The molecule has 180 valence electrons. The molecule has 0 aromatic carbocycles. The minimum atomic E-state index is -1.21. The molecule has 6 unspecified atom stereocenters. The fraction of sp³-hybridized carbons (Fsp3) is 1.00. The number of nitrogens with zero attached hydrogens (tertiary/aromatic N) is 1. The second kappa shape index (κ2) is 12.1. The van der Waals surface area contributed by atoms with Crippen molar-refractivity contribution in [3.63, 3.8) is 0 Å². The lowest BCUT2D eigenvalue weighted by molar-refractivity contribution is -0.873. The SMILES string of the molecule is CCC(CC)OC1OC(CO)C(C(O)(CC)CC)C(O)C1OCC(O)C[N+](C)(C)C. The summed E-state index contributed by atoms with van der Waals surface area (Å²) in [7, 11) is 5.93. The van der Waals surface area contributed by atoms with Crippen molar-refractivity contribution >= 4 is 0 Å². The highest BCUT2D eigenvalue weighted by Gasteiger charge is 2.54. The van der Waals surface area contributed by atoms with Crippen LogP contribution in [0.15, 0.2) is 0 Å². The van der Waals surface area contributed by atoms with Gasteiger partial charge in [-0.25, -0.2) is 0 Å². The van der Waals surface area contributed by atoms with E-state index in [9.17, 15) is 20.4 Å². The number of rotatable bonds is 13. The van der Waals surface area contributed by atoms with Gasteiger partial charge in [0.15, 0.2) is 6.29 Å². The first-order chi connectivity index (χ1) is 14.0. The highest BCUT2D eigenvalue weighted by atomic mass is 16.7. The summed E-state index contributed by atoms with van der Waals surface area (Å²) in [5.41, 5.74) is -1.21. The number of ether oxygens (including phenoxy) is 3. The lowest BCUT2D eigenvalue weighted by Gasteiger charge is -2.50. The van der Waals surface area contributed by atoms with E-state index in [-0.39, 0.29) is 19.3 Å². The van der Waals surface area contributed by atoms with Crippen molar-refractivity contribution in [3.8, 4) is 0 Å². The molecule has 0 aliphatic carbocycles. The van der Waals surface area contributed by atoms with E-state index in [1.165, 1.54) is 0 Å². The predicted octanol–water partition coefficient (Wildman–Crippen LogP) is 0.889. The predicted molar refractivity (Wildman–Crippen MR) is 115 cm³/mol. The average Bonchev–Trinajstić information content (AvgIpc) is 2.68. The van der Waals surface area contributed by atoms with Crippen LogP contribution < -0.4 is 0 Å². The molecule has 1 fully saturated rings. The lowest BCUT2D eigenvalue weighted by atomic mass is 9.73. The van der Waals surface area contributed by atoms with Gasteiger partial charge in [0.05, 0.1) is 58.3 Å². The second-order valence-electron chi connectivity index (χ2n) is 9.55. The lowest BCUT2D eigenvalue weighted by Crippen LogP contribution is -2.64. The van der Waals surface area contributed by atoms with Gasteiger partial charge in [-0.15, -0.1) is 0 Å². The molecular formula is C22H46NO7+. The molecule has 0 spiro atoms. The van der Waals surface area contributed by atoms with Crippen LogP contribution in [0.4, 0.5) is 0 Å². The molecule has 0 radical (unpaired) electrons. The minimum Gasteiger partial charge on any atom is -0.394 e. The smallest absolute Gasteiger partial charge is 0.187 e. The number of aliphatic hydroxyl groups is 4. The minimum absolute atomic E-state index is 0.0105. The Hall–Kier alpha value is -0.320. The first-order valence-corrected chi connectivity index (χ1v) is 11.4. The maximum atomic E-state index is 11.3. The molecule has 30 heavy (non-hydrogen) atoms. The zero-order chi connectivity index (χ0) is 23.1. The van der Waals surface area contributed by atoms with Gasteiger partial charge in [-0.05, 0) is 25.7 Å². The monoisotopic (exact) mass is 436 g/mol. The Morgan fingerprint density at radius 3 is 2.07 bits per heavy atom. The van der Waals surface area contributed by atoms with Crippen molar-refractivity contribution in [1.29, 1.82) is 0 Å². The molecule has 0 aromatic heterocycles. The summed E-state index contributed by atoms with van der Waals surface area (Å²) in [6, 6.07) is 0. The summed E-state index contributed by atoms with van der Waals surface area (Å²) in [6.45, 7) is 7.86. The Labute approximate surface area is 182 Å². The molecule has 8 nitrogen and oxygen atoms in total. The van der Waals surface area contributed by atoms with Gasteiger partial charge in [-0.1, -0.05) is 27.7 Å². The Kier molecular flexibility index (Phi) is 11.1. The average molecular weight is 437 g/mol. The Morgan fingerprint density at radius 2 is 1.63 bits per heavy atom. The normalized spacial score (nSPS) is 29.4. The molecule has 1 rings (SSSR count). The van der Waals surface area contributed by atoms with Crippen LogP contribution in [-0.2, 0) is 14.2 Å². The van der Waals surface area contributed by atoms with Gasteiger partial charge in [0.2, 0.25) is 0 Å². The number of likely N-dealkylation sites (N-methyl/N-ethyl adjacent to an activating group) is 1. The van der Waals surface area contributed by atoms with Gasteiger partial charge in [-0.3, -0.25) is 0 Å². The van der Waals surface area contributed by atoms with E-state index in [4.69, 9.17) is 14.2 Å². The van der Waals surface area contributed by atoms with Crippen LogP contribution in [0.2, 0.25) is 0 Å². The highest BCUT2D eigenvalue weighted by molar-refractivity contribution is 5.00. The molecule has 1 saturated heterocycles. The third-order valence-corrected chi connectivity index (χ3v) is 6.18. The maximum absolute atomic E-state index is 11.3. The van der Waals surface area contributed by atoms with Crippen LogP contribution in [-0.4, -0.2) is 108 Å². The molecule has 1 heterocycles. The van der Waals surface area contributed by atoms with E-state index < -0.39 is 42.2 Å². The summed E-state index contributed by atoms with van der Waals surface area (Å²) in [5, 5.41) is 42.7. The first kappa shape index (κ1) is 27.7. The molecule has 0 amide bonds. The quantitative estimate of drug-likeness (QED) is 0.318. The van der Waals surface area contributed by atoms with Crippen LogP contribution >= 0.6 is 0 Å². The number of aliphatic hydroxyl groups excluding tert-OH is 3. The molecule has 4 N–H and O–H groups in total. The molecule has 8 heteroatoms. The zero-order valence-corrected chi connectivity index (χ0v) is 20.0. The largest absolute Gasteiger partial charge is 0.394 e. The van der Waals surface area contributed by atoms with E-state index in [0.29, 0.717) is 23.9 Å². The van der Waals surface area contributed by atoms with Crippen molar-refractivity contribution < 1.29 is 39.1 Å². The Bertz CT molecular complexity index is 477. The third kappa shape index (κ3) is 7.38. The van der Waals surface area contributed by atoms with E-state index in [1.54, 1.807) is 0 Å². The molecule has 0 saturated carbocycles. The maximum Gasteiger partial charge on any atom is 0.187 e. The van der Waals surface area contributed by atoms with Gasteiger partial charge in [0.1, 0.15) is 18.8 Å². The summed E-state index contributed by atoms with van der Waals surface area (Å²) in [5.74, 6) is -0.736. The third-order valence-electron chi connectivity index (χ3n) is 6.18.